The average Bonchev–Trinajstić information content (AvgIpc) is 3.74. The number of benzene rings is 8. The maximum atomic E-state index is 6.17. The Labute approximate surface area is 325 Å². The van der Waals surface area contributed by atoms with Gasteiger partial charge in [-0.25, -0.2) is 9.97 Å². The number of fused-ring (bicyclic) bond motifs is 7. The minimum absolute atomic E-state index is 0.0931. The van der Waals surface area contributed by atoms with E-state index in [0.717, 1.165) is 61.1 Å². The number of furan rings is 1. The lowest BCUT2D eigenvalue weighted by Crippen LogP contribution is -2.14. The van der Waals surface area contributed by atoms with E-state index in [1.165, 1.54) is 44.2 Å². The van der Waals surface area contributed by atoms with E-state index in [2.05, 4.69) is 166 Å². The lowest BCUT2D eigenvalue weighted by Gasteiger charge is -2.22. The molecule has 1 aliphatic rings. The molecular formula is C53H36N2O. The van der Waals surface area contributed by atoms with E-state index in [1.54, 1.807) is 0 Å². The van der Waals surface area contributed by atoms with Crippen molar-refractivity contribution in [2.45, 2.75) is 19.3 Å². The molecule has 264 valence electrons. The number of para-hydroxylation sites is 1. The third-order valence-corrected chi connectivity index (χ3v) is 11.7. The summed E-state index contributed by atoms with van der Waals surface area (Å²) in [6.07, 6.45) is 0. The molecule has 0 unspecified atom stereocenters. The molecule has 0 atom stereocenters. The second kappa shape index (κ2) is 12.5. The molecular weight excluding hydrogens is 681 g/mol. The Morgan fingerprint density at radius 3 is 1.88 bits per heavy atom. The zero-order valence-electron chi connectivity index (χ0n) is 31.1. The number of aromatic nitrogens is 2. The number of nitrogens with zero attached hydrogens (tertiary/aromatic N) is 2. The highest BCUT2D eigenvalue weighted by Crippen LogP contribution is 2.53. The molecule has 3 nitrogen and oxygen atoms in total. The summed E-state index contributed by atoms with van der Waals surface area (Å²) >= 11 is 0. The van der Waals surface area contributed by atoms with E-state index >= 15 is 0 Å². The largest absolute Gasteiger partial charge is 0.456 e. The highest BCUT2D eigenvalue weighted by Gasteiger charge is 2.37. The van der Waals surface area contributed by atoms with Crippen molar-refractivity contribution in [2.75, 3.05) is 0 Å². The van der Waals surface area contributed by atoms with Gasteiger partial charge in [-0.1, -0.05) is 159 Å². The Kier molecular flexibility index (Phi) is 7.20. The molecule has 0 spiro atoms. The van der Waals surface area contributed by atoms with Gasteiger partial charge in [0, 0.05) is 32.9 Å². The van der Waals surface area contributed by atoms with Crippen molar-refractivity contribution in [3.8, 4) is 67.3 Å². The Bertz CT molecular complexity index is 3150. The van der Waals surface area contributed by atoms with Crippen molar-refractivity contribution in [1.82, 2.24) is 9.97 Å². The summed E-state index contributed by atoms with van der Waals surface area (Å²) in [5, 5.41) is 4.77. The van der Waals surface area contributed by atoms with E-state index in [9.17, 15) is 0 Å². The Morgan fingerprint density at radius 2 is 1.04 bits per heavy atom. The molecule has 0 radical (unpaired) electrons. The van der Waals surface area contributed by atoms with Crippen LogP contribution in [0.1, 0.15) is 25.0 Å². The highest BCUT2D eigenvalue weighted by molar-refractivity contribution is 6.07. The summed E-state index contributed by atoms with van der Waals surface area (Å²) in [5.74, 6) is 0.695. The Morgan fingerprint density at radius 1 is 0.393 bits per heavy atom. The quantitative estimate of drug-likeness (QED) is 0.178. The topological polar surface area (TPSA) is 38.9 Å². The van der Waals surface area contributed by atoms with Crippen molar-refractivity contribution < 1.29 is 4.42 Å². The van der Waals surface area contributed by atoms with Crippen LogP contribution in [0.25, 0.3) is 100.0 Å². The van der Waals surface area contributed by atoms with E-state index < -0.39 is 0 Å². The van der Waals surface area contributed by atoms with Gasteiger partial charge in [-0.05, 0) is 91.7 Å². The summed E-state index contributed by atoms with van der Waals surface area (Å²) < 4.78 is 6.17. The van der Waals surface area contributed by atoms with E-state index in [-0.39, 0.29) is 5.41 Å². The summed E-state index contributed by atoms with van der Waals surface area (Å²) in [6, 6.07) is 64.8. The normalized spacial score (nSPS) is 13.0. The van der Waals surface area contributed by atoms with Crippen LogP contribution in [0.3, 0.4) is 0 Å². The summed E-state index contributed by atoms with van der Waals surface area (Å²) in [7, 11) is 0. The molecule has 1 aliphatic carbocycles. The van der Waals surface area contributed by atoms with Crippen molar-refractivity contribution in [1.29, 1.82) is 0 Å². The van der Waals surface area contributed by atoms with Gasteiger partial charge in [0.1, 0.15) is 11.2 Å². The first-order valence-corrected chi connectivity index (χ1v) is 19.2. The Hall–Kier alpha value is -7.10. The summed E-state index contributed by atoms with van der Waals surface area (Å²) in [6.45, 7) is 4.71. The molecule has 3 heteroatoms. The molecule has 2 heterocycles. The van der Waals surface area contributed by atoms with Crippen molar-refractivity contribution in [3.63, 3.8) is 0 Å². The van der Waals surface area contributed by atoms with Gasteiger partial charge in [0.2, 0.25) is 0 Å². The fourth-order valence-electron chi connectivity index (χ4n) is 8.83. The summed E-state index contributed by atoms with van der Waals surface area (Å²) in [5.41, 5.74) is 16.6. The van der Waals surface area contributed by atoms with Gasteiger partial charge in [-0.2, -0.15) is 0 Å². The lowest BCUT2D eigenvalue weighted by atomic mass is 9.81. The van der Waals surface area contributed by atoms with Gasteiger partial charge < -0.3 is 4.42 Å². The SMILES string of the molecule is CC1(C)c2cc3ccccc3cc2-c2c(-c3ccc(-c4cc(-c5ccccc5-c5ccc6oc7ccccc7c6c5)nc(-c5ccccc5)n4)cc3)cccc21. The van der Waals surface area contributed by atoms with Crippen molar-refractivity contribution >= 4 is 32.7 Å². The number of hydrogen-bond acceptors (Lipinski definition) is 3. The minimum atomic E-state index is -0.0931. The minimum Gasteiger partial charge on any atom is -0.456 e. The van der Waals surface area contributed by atoms with Crippen LogP contribution < -0.4 is 0 Å². The van der Waals surface area contributed by atoms with Gasteiger partial charge in [0.25, 0.3) is 0 Å². The molecule has 0 fully saturated rings. The van der Waals surface area contributed by atoms with E-state index in [1.807, 2.05) is 30.3 Å². The first kappa shape index (κ1) is 32.3. The van der Waals surface area contributed by atoms with Gasteiger partial charge in [-0.15, -0.1) is 0 Å². The van der Waals surface area contributed by atoms with Gasteiger partial charge in [0.15, 0.2) is 5.82 Å². The fraction of sp³-hybridized carbons (Fsp3) is 0.0566. The van der Waals surface area contributed by atoms with Gasteiger partial charge in [0.05, 0.1) is 11.4 Å². The Balaban J connectivity index is 1.03. The first-order chi connectivity index (χ1) is 27.5. The van der Waals surface area contributed by atoms with Crippen LogP contribution in [0.15, 0.2) is 186 Å². The second-order valence-electron chi connectivity index (χ2n) is 15.4. The van der Waals surface area contributed by atoms with Crippen LogP contribution >= 0.6 is 0 Å². The fourth-order valence-corrected chi connectivity index (χ4v) is 8.83. The van der Waals surface area contributed by atoms with Crippen LogP contribution in [0.4, 0.5) is 0 Å². The molecule has 56 heavy (non-hydrogen) atoms. The van der Waals surface area contributed by atoms with Crippen molar-refractivity contribution in [2.24, 2.45) is 0 Å². The van der Waals surface area contributed by atoms with Crippen molar-refractivity contribution in [3.05, 3.63) is 193 Å². The van der Waals surface area contributed by atoms with Crippen LogP contribution in [0.2, 0.25) is 0 Å². The second-order valence-corrected chi connectivity index (χ2v) is 15.4. The lowest BCUT2D eigenvalue weighted by molar-refractivity contribution is 0.661. The van der Waals surface area contributed by atoms with E-state index in [4.69, 9.17) is 14.4 Å². The average molecular weight is 717 g/mol. The van der Waals surface area contributed by atoms with Crippen LogP contribution in [0.5, 0.6) is 0 Å². The smallest absolute Gasteiger partial charge is 0.160 e. The van der Waals surface area contributed by atoms with Gasteiger partial charge in [-0.3, -0.25) is 0 Å². The summed E-state index contributed by atoms with van der Waals surface area (Å²) in [4.78, 5) is 10.4. The van der Waals surface area contributed by atoms with Crippen LogP contribution in [-0.2, 0) is 5.41 Å². The van der Waals surface area contributed by atoms with Gasteiger partial charge >= 0.3 is 0 Å². The van der Waals surface area contributed by atoms with Crippen LogP contribution in [0, 0.1) is 0 Å². The zero-order chi connectivity index (χ0) is 37.4. The maximum absolute atomic E-state index is 6.17. The molecule has 2 aromatic heterocycles. The number of hydrogen-bond donors (Lipinski definition) is 0. The first-order valence-electron chi connectivity index (χ1n) is 19.2. The molecule has 0 saturated heterocycles. The predicted octanol–water partition coefficient (Wildman–Crippen LogP) is 14.2. The molecule has 11 rings (SSSR count). The molecule has 0 aliphatic heterocycles. The molecule has 0 saturated carbocycles. The zero-order valence-corrected chi connectivity index (χ0v) is 31.1. The third kappa shape index (κ3) is 5.12. The highest BCUT2D eigenvalue weighted by atomic mass is 16.3. The molecule has 8 aromatic carbocycles. The van der Waals surface area contributed by atoms with E-state index in [0.29, 0.717) is 5.82 Å². The predicted molar refractivity (Wildman–Crippen MR) is 232 cm³/mol. The molecule has 0 bridgehead atoms. The standard InChI is InChI=1S/C53H36N2O/c1-53(2)45-21-12-20-40(51(45)44-29-36-15-6-7-16-37(36)31-46(44)53)33-23-25-34(26-24-33)47-32-48(55-52(54-47)35-13-4-3-5-14-35)41-18-9-8-17-39(41)38-27-28-50-43(30-38)42-19-10-11-22-49(42)56-50/h3-32H,1-2H3. The van der Waals surface area contributed by atoms with Crippen LogP contribution in [-0.4, -0.2) is 9.97 Å². The maximum Gasteiger partial charge on any atom is 0.160 e. The number of rotatable bonds is 5. The molecule has 0 N–H and O–H groups in total. The third-order valence-electron chi connectivity index (χ3n) is 11.7. The monoisotopic (exact) mass is 716 g/mol. The molecule has 0 amide bonds. The molecule has 10 aromatic rings.